The van der Waals surface area contributed by atoms with Crippen molar-refractivity contribution < 1.29 is 41.9 Å². The summed E-state index contributed by atoms with van der Waals surface area (Å²) in [4.78, 5) is 16.0. The Hall–Kier alpha value is -2.30. The van der Waals surface area contributed by atoms with E-state index in [2.05, 4.69) is 50.3 Å². The third kappa shape index (κ3) is 4.52. The molecule has 2 N–H and O–H groups in total. The Morgan fingerprint density at radius 3 is 1.22 bits per heavy atom. The van der Waals surface area contributed by atoms with Gasteiger partial charge in [-0.05, 0) is 72.8 Å². The Labute approximate surface area is 179 Å². The fourth-order valence-electron chi connectivity index (χ4n) is 2.94. The Morgan fingerprint density at radius 2 is 0.815 bits per heavy atom. The Bertz CT molecular complexity index is 1090. The summed E-state index contributed by atoms with van der Waals surface area (Å²) in [5.41, 5.74) is 7.86. The van der Waals surface area contributed by atoms with Crippen LogP contribution in [-0.2, 0) is 17.1 Å². The molecule has 0 amide bonds. The average Bonchev–Trinajstić information content (AvgIpc) is 3.32. The van der Waals surface area contributed by atoms with Crippen molar-refractivity contribution in [2.24, 2.45) is 0 Å². The van der Waals surface area contributed by atoms with Gasteiger partial charge in [0, 0.05) is 22.1 Å². The summed E-state index contributed by atoms with van der Waals surface area (Å²) in [6.07, 6.45) is 8.05. The minimum Gasteiger partial charge on any atom is -1.00 e. The predicted octanol–water partition coefficient (Wildman–Crippen LogP) is -1.34. The third-order valence-electron chi connectivity index (χ3n) is 4.04. The molecule has 4 nitrogen and oxygen atoms in total. The number of aromatic amines is 2. The molecule has 2 aliphatic heterocycles. The van der Waals surface area contributed by atoms with Crippen LogP contribution in [0.4, 0.5) is 0 Å². The number of aromatic nitrogens is 4. The van der Waals surface area contributed by atoms with Crippen LogP contribution >= 0.6 is 0 Å². The first-order valence-corrected chi connectivity index (χ1v) is 7.85. The summed E-state index contributed by atoms with van der Waals surface area (Å²) >= 11 is 0. The van der Waals surface area contributed by atoms with Crippen LogP contribution < -0.4 is 24.8 Å². The van der Waals surface area contributed by atoms with Crippen LogP contribution in [0.2, 0.25) is 0 Å². The number of hydrogen-bond acceptors (Lipinski definition) is 2. The number of hydrogen-bond donors (Lipinski definition) is 2. The second-order valence-corrected chi connectivity index (χ2v) is 5.91. The molecule has 0 fully saturated rings. The smallest absolute Gasteiger partial charge is 1.00 e. The number of nitrogens with one attached hydrogen (secondary N) is 2. The van der Waals surface area contributed by atoms with Gasteiger partial charge in [0.05, 0.1) is 22.8 Å². The molecule has 136 valence electrons. The van der Waals surface area contributed by atoms with Crippen LogP contribution in [0, 0.1) is 0 Å². The first-order chi connectivity index (χ1) is 11.8. The molecule has 7 heteroatoms. The van der Waals surface area contributed by atoms with Crippen molar-refractivity contribution in [2.75, 3.05) is 0 Å². The van der Waals surface area contributed by atoms with Crippen molar-refractivity contribution in [3.05, 3.63) is 71.3 Å². The van der Waals surface area contributed by atoms with E-state index in [-0.39, 0.29) is 41.9 Å². The molecule has 8 bridgehead atoms. The second-order valence-electron chi connectivity index (χ2n) is 5.91. The van der Waals surface area contributed by atoms with E-state index in [1.807, 2.05) is 42.5 Å². The van der Waals surface area contributed by atoms with E-state index in [1.54, 1.807) is 0 Å². The summed E-state index contributed by atoms with van der Waals surface area (Å²) in [6, 6.07) is 16.4. The number of rotatable bonds is 0. The molecule has 0 aromatic carbocycles. The zero-order chi connectivity index (χ0) is 15.9. The SMILES string of the molecule is C1=Cc2cc3ccc(cc4ccc(cc5nc(cc1n2)C=C5)[nH]4)[nH]3.[Cl-].[Cl-].[Fe+2]. The molecule has 5 rings (SSSR count). The fraction of sp³-hybridized carbons (Fsp3) is 0. The van der Waals surface area contributed by atoms with Crippen LogP contribution in [-0.4, -0.2) is 19.9 Å². The van der Waals surface area contributed by atoms with E-state index in [9.17, 15) is 0 Å². The quantitative estimate of drug-likeness (QED) is 0.295. The van der Waals surface area contributed by atoms with Gasteiger partial charge >= 0.3 is 17.1 Å². The van der Waals surface area contributed by atoms with Crippen LogP contribution in [0.3, 0.4) is 0 Å². The summed E-state index contributed by atoms with van der Waals surface area (Å²) < 4.78 is 0. The normalized spacial score (nSPS) is 11.3. The van der Waals surface area contributed by atoms with E-state index >= 15 is 0 Å². The number of nitrogens with zero attached hydrogens (tertiary/aromatic N) is 2. The Balaban J connectivity index is 0.000000871. The van der Waals surface area contributed by atoms with Gasteiger partial charge in [-0.1, -0.05) is 0 Å². The molecule has 0 aliphatic carbocycles. The van der Waals surface area contributed by atoms with Crippen LogP contribution in [0.15, 0.2) is 48.5 Å². The van der Waals surface area contributed by atoms with E-state index in [0.29, 0.717) is 0 Å². The van der Waals surface area contributed by atoms with Gasteiger partial charge in [-0.15, -0.1) is 0 Å². The monoisotopic (exact) mass is 436 g/mol. The van der Waals surface area contributed by atoms with Crippen LogP contribution in [0.5, 0.6) is 0 Å². The molecule has 0 saturated heterocycles. The van der Waals surface area contributed by atoms with Crippen LogP contribution in [0.1, 0.15) is 22.8 Å². The molecular formula is C20H14Cl2FeN4. The van der Waals surface area contributed by atoms with Gasteiger partial charge in [-0.25, -0.2) is 9.97 Å². The molecule has 0 spiro atoms. The number of halogens is 2. The van der Waals surface area contributed by atoms with Gasteiger partial charge < -0.3 is 34.8 Å². The zero-order valence-corrected chi connectivity index (χ0v) is 16.5. The summed E-state index contributed by atoms with van der Waals surface area (Å²) in [5, 5.41) is 0. The molecule has 2 aliphatic rings. The standard InChI is InChI=1S/C20H14N4.2ClH.Fe/c1-2-14-10-16-5-6-18(23-16)12-20-8-7-19(24-20)11-17-4-3-15(22-17)9-13(1)21-14;;;/h1-12,21-22H;2*1H;/q;;;+2/p-2. The van der Waals surface area contributed by atoms with Crippen molar-refractivity contribution in [3.63, 3.8) is 0 Å². The molecule has 5 heterocycles. The first kappa shape index (κ1) is 21.0. The number of H-pyrrole nitrogens is 2. The van der Waals surface area contributed by atoms with E-state index in [4.69, 9.17) is 0 Å². The first-order valence-electron chi connectivity index (χ1n) is 7.85. The van der Waals surface area contributed by atoms with Gasteiger partial charge in [0.2, 0.25) is 0 Å². The second kappa shape index (κ2) is 8.59. The molecular weight excluding hydrogens is 423 g/mol. The minimum absolute atomic E-state index is 0. The predicted molar refractivity (Wildman–Crippen MR) is 98.9 cm³/mol. The molecule has 27 heavy (non-hydrogen) atoms. The maximum atomic E-state index is 4.62. The van der Waals surface area contributed by atoms with Gasteiger partial charge in [0.25, 0.3) is 0 Å². The molecule has 3 aromatic rings. The molecule has 0 unspecified atom stereocenters. The van der Waals surface area contributed by atoms with Crippen LogP contribution in [0.25, 0.3) is 46.4 Å². The summed E-state index contributed by atoms with van der Waals surface area (Å²) in [7, 11) is 0. The third-order valence-corrected chi connectivity index (χ3v) is 4.04. The summed E-state index contributed by atoms with van der Waals surface area (Å²) in [5.74, 6) is 0. The topological polar surface area (TPSA) is 57.4 Å². The maximum absolute atomic E-state index is 4.62. The molecule has 0 radical (unpaired) electrons. The fourth-order valence-corrected chi connectivity index (χ4v) is 2.94. The Morgan fingerprint density at radius 1 is 0.481 bits per heavy atom. The van der Waals surface area contributed by atoms with Gasteiger partial charge in [-0.3, -0.25) is 0 Å². The van der Waals surface area contributed by atoms with Gasteiger partial charge in [0.1, 0.15) is 0 Å². The van der Waals surface area contributed by atoms with Gasteiger partial charge in [0.15, 0.2) is 0 Å². The summed E-state index contributed by atoms with van der Waals surface area (Å²) in [6.45, 7) is 0. The van der Waals surface area contributed by atoms with E-state index in [1.165, 1.54) is 0 Å². The largest absolute Gasteiger partial charge is 2.00 e. The van der Waals surface area contributed by atoms with Crippen molar-refractivity contribution in [3.8, 4) is 0 Å². The van der Waals surface area contributed by atoms with Crippen molar-refractivity contribution in [2.45, 2.75) is 0 Å². The molecule has 0 atom stereocenters. The van der Waals surface area contributed by atoms with E-state index < -0.39 is 0 Å². The Kier molecular flexibility index (Phi) is 6.68. The van der Waals surface area contributed by atoms with Crippen molar-refractivity contribution in [1.29, 1.82) is 0 Å². The zero-order valence-electron chi connectivity index (χ0n) is 13.9. The average molecular weight is 437 g/mol. The van der Waals surface area contributed by atoms with Gasteiger partial charge in [-0.2, -0.15) is 0 Å². The minimum atomic E-state index is 0. The maximum Gasteiger partial charge on any atom is 2.00 e. The number of fused-ring (bicyclic) bond motifs is 8. The van der Waals surface area contributed by atoms with E-state index in [0.717, 1.165) is 44.8 Å². The van der Waals surface area contributed by atoms with Crippen molar-refractivity contribution in [1.82, 2.24) is 19.9 Å². The molecule has 0 saturated carbocycles. The molecule has 3 aromatic heterocycles. The van der Waals surface area contributed by atoms with Crippen molar-refractivity contribution >= 4 is 46.4 Å².